The minimum absolute atomic E-state index is 0.0636. The molecule has 1 aromatic carbocycles. The van der Waals surface area contributed by atoms with Gasteiger partial charge in [-0.1, -0.05) is 11.6 Å². The van der Waals surface area contributed by atoms with Gasteiger partial charge in [0.15, 0.2) is 0 Å². The largest absolute Gasteiger partial charge is 0.478 e. The Morgan fingerprint density at radius 1 is 1.33 bits per heavy atom. The number of rotatable bonds is 3. The summed E-state index contributed by atoms with van der Waals surface area (Å²) in [4.78, 5) is 10.7. The fraction of sp³-hybridized carbons (Fsp3) is 0.357. The highest BCUT2D eigenvalue weighted by atomic mass is 32.2. The van der Waals surface area contributed by atoms with E-state index in [2.05, 4.69) is 0 Å². The predicted molar refractivity (Wildman–Crippen MR) is 75.2 cm³/mol. The Labute approximate surface area is 122 Å². The van der Waals surface area contributed by atoms with Crippen LogP contribution in [0.25, 0.3) is 0 Å². The van der Waals surface area contributed by atoms with Crippen LogP contribution in [0.3, 0.4) is 0 Å². The van der Waals surface area contributed by atoms with E-state index >= 15 is 0 Å². The first-order valence-electron chi connectivity index (χ1n) is 6.42. The molecule has 2 rings (SSSR count). The number of benzene rings is 1. The molecular formula is C14H16FNO4S. The Morgan fingerprint density at radius 2 is 2.00 bits per heavy atom. The monoisotopic (exact) mass is 313 g/mol. The summed E-state index contributed by atoms with van der Waals surface area (Å²) in [6, 6.07) is 1.85. The SMILES string of the molecule is CC1=CCN(S(=O)(=O)c2cc(C(=O)O)cc(F)c2C)CC1. The van der Waals surface area contributed by atoms with Crippen LogP contribution < -0.4 is 0 Å². The first kappa shape index (κ1) is 15.7. The Bertz CT molecular complexity index is 725. The summed E-state index contributed by atoms with van der Waals surface area (Å²) in [5.74, 6) is -2.20. The van der Waals surface area contributed by atoms with Gasteiger partial charge in [0.2, 0.25) is 10.0 Å². The molecule has 0 spiro atoms. The lowest BCUT2D eigenvalue weighted by atomic mass is 10.1. The summed E-state index contributed by atoms with van der Waals surface area (Å²) in [6.07, 6.45) is 2.41. The van der Waals surface area contributed by atoms with Crippen molar-refractivity contribution in [1.82, 2.24) is 4.31 Å². The number of hydrogen-bond donors (Lipinski definition) is 1. The number of halogens is 1. The van der Waals surface area contributed by atoms with Crippen molar-refractivity contribution in [3.63, 3.8) is 0 Å². The van der Waals surface area contributed by atoms with Crippen molar-refractivity contribution in [1.29, 1.82) is 0 Å². The lowest BCUT2D eigenvalue weighted by Gasteiger charge is -2.25. The molecule has 0 unspecified atom stereocenters. The molecule has 0 fully saturated rings. The zero-order valence-corrected chi connectivity index (χ0v) is 12.6. The molecule has 0 aliphatic carbocycles. The van der Waals surface area contributed by atoms with Crippen molar-refractivity contribution < 1.29 is 22.7 Å². The fourth-order valence-corrected chi connectivity index (χ4v) is 3.80. The maximum Gasteiger partial charge on any atom is 0.335 e. The van der Waals surface area contributed by atoms with Gasteiger partial charge in [-0.2, -0.15) is 4.31 Å². The van der Waals surface area contributed by atoms with Gasteiger partial charge >= 0.3 is 5.97 Å². The molecule has 0 atom stereocenters. The molecule has 1 aromatic rings. The van der Waals surface area contributed by atoms with Crippen LogP contribution in [0.4, 0.5) is 4.39 Å². The highest BCUT2D eigenvalue weighted by Gasteiger charge is 2.29. The second-order valence-electron chi connectivity index (χ2n) is 5.05. The molecule has 7 heteroatoms. The molecule has 1 aliphatic heterocycles. The third-order valence-electron chi connectivity index (χ3n) is 3.56. The van der Waals surface area contributed by atoms with Crippen molar-refractivity contribution in [3.05, 3.63) is 40.7 Å². The summed E-state index contributed by atoms with van der Waals surface area (Å²) < 4.78 is 40.2. The Hall–Kier alpha value is -1.73. The van der Waals surface area contributed by atoms with Crippen LogP contribution in [0.2, 0.25) is 0 Å². The summed E-state index contributed by atoms with van der Waals surface area (Å²) in [5.41, 5.74) is 0.662. The standard InChI is InChI=1S/C14H16FNO4S/c1-9-3-5-16(6-4-9)21(19,20)13-8-11(14(17)18)7-12(15)10(13)2/h3,7-8H,4-6H2,1-2H3,(H,17,18). The minimum Gasteiger partial charge on any atom is -0.478 e. The molecule has 0 amide bonds. The molecule has 1 N–H and O–H groups in total. The topological polar surface area (TPSA) is 74.7 Å². The Morgan fingerprint density at radius 3 is 2.52 bits per heavy atom. The highest BCUT2D eigenvalue weighted by Crippen LogP contribution is 2.26. The normalized spacial score (nSPS) is 16.6. The molecule has 1 heterocycles. The zero-order valence-electron chi connectivity index (χ0n) is 11.8. The number of sulfonamides is 1. The van der Waals surface area contributed by atoms with Crippen LogP contribution in [0.15, 0.2) is 28.7 Å². The van der Waals surface area contributed by atoms with Gasteiger partial charge in [0.05, 0.1) is 10.5 Å². The van der Waals surface area contributed by atoms with E-state index in [1.165, 1.54) is 11.2 Å². The van der Waals surface area contributed by atoms with E-state index in [4.69, 9.17) is 5.11 Å². The fourth-order valence-electron chi connectivity index (χ4n) is 2.15. The van der Waals surface area contributed by atoms with Gasteiger partial charge < -0.3 is 5.11 Å². The van der Waals surface area contributed by atoms with Gasteiger partial charge in [-0.25, -0.2) is 17.6 Å². The summed E-state index contributed by atoms with van der Waals surface area (Å²) in [6.45, 7) is 3.77. The van der Waals surface area contributed by atoms with Crippen LogP contribution >= 0.6 is 0 Å². The predicted octanol–water partition coefficient (Wildman–Crippen LogP) is 2.17. The zero-order chi connectivity index (χ0) is 15.8. The lowest BCUT2D eigenvalue weighted by Crippen LogP contribution is -2.35. The van der Waals surface area contributed by atoms with E-state index in [0.29, 0.717) is 13.0 Å². The third-order valence-corrected chi connectivity index (χ3v) is 5.55. The van der Waals surface area contributed by atoms with Gasteiger partial charge in [0.25, 0.3) is 0 Å². The molecule has 0 aromatic heterocycles. The van der Waals surface area contributed by atoms with E-state index in [-0.39, 0.29) is 22.6 Å². The van der Waals surface area contributed by atoms with Gasteiger partial charge in [-0.05, 0) is 32.4 Å². The van der Waals surface area contributed by atoms with Crippen LogP contribution in [0.5, 0.6) is 0 Å². The number of nitrogens with zero attached hydrogens (tertiary/aromatic N) is 1. The molecule has 21 heavy (non-hydrogen) atoms. The number of carboxylic acids is 1. The van der Waals surface area contributed by atoms with Crippen molar-refractivity contribution in [3.8, 4) is 0 Å². The van der Waals surface area contributed by atoms with Gasteiger partial charge in [0, 0.05) is 18.7 Å². The summed E-state index contributed by atoms with van der Waals surface area (Å²) in [7, 11) is -3.91. The quantitative estimate of drug-likeness (QED) is 0.868. The average molecular weight is 313 g/mol. The third kappa shape index (κ3) is 2.98. The molecule has 0 saturated heterocycles. The average Bonchev–Trinajstić information content (AvgIpc) is 2.41. The number of carbonyl (C=O) groups is 1. The van der Waals surface area contributed by atoms with Crippen LogP contribution in [0.1, 0.15) is 29.3 Å². The minimum atomic E-state index is -3.91. The molecule has 0 bridgehead atoms. The molecule has 114 valence electrons. The lowest BCUT2D eigenvalue weighted by molar-refractivity contribution is 0.0696. The first-order chi connectivity index (χ1) is 9.73. The van der Waals surface area contributed by atoms with Gasteiger partial charge in [-0.15, -0.1) is 0 Å². The van der Waals surface area contributed by atoms with E-state index in [9.17, 15) is 17.6 Å². The molecule has 5 nitrogen and oxygen atoms in total. The van der Waals surface area contributed by atoms with Crippen LogP contribution in [0, 0.1) is 12.7 Å². The van der Waals surface area contributed by atoms with Crippen LogP contribution in [-0.2, 0) is 10.0 Å². The Kier molecular flexibility index (Phi) is 4.15. The maximum absolute atomic E-state index is 13.8. The first-order valence-corrected chi connectivity index (χ1v) is 7.86. The molecular weight excluding hydrogens is 297 g/mol. The Balaban J connectivity index is 2.52. The van der Waals surface area contributed by atoms with E-state index < -0.39 is 21.8 Å². The number of carboxylic acid groups (broad SMARTS) is 1. The van der Waals surface area contributed by atoms with E-state index in [0.717, 1.165) is 17.7 Å². The second kappa shape index (κ2) is 5.57. The van der Waals surface area contributed by atoms with Crippen LogP contribution in [-0.4, -0.2) is 36.9 Å². The van der Waals surface area contributed by atoms with Crippen molar-refractivity contribution in [2.24, 2.45) is 0 Å². The van der Waals surface area contributed by atoms with Crippen molar-refractivity contribution in [2.45, 2.75) is 25.2 Å². The maximum atomic E-state index is 13.8. The van der Waals surface area contributed by atoms with Crippen molar-refractivity contribution >= 4 is 16.0 Å². The second-order valence-corrected chi connectivity index (χ2v) is 6.96. The van der Waals surface area contributed by atoms with Gasteiger partial charge in [0.1, 0.15) is 5.82 Å². The van der Waals surface area contributed by atoms with E-state index in [1.54, 1.807) is 6.08 Å². The summed E-state index contributed by atoms with van der Waals surface area (Å²) >= 11 is 0. The smallest absolute Gasteiger partial charge is 0.335 e. The molecule has 0 radical (unpaired) electrons. The highest BCUT2D eigenvalue weighted by molar-refractivity contribution is 7.89. The van der Waals surface area contributed by atoms with Crippen molar-refractivity contribution in [2.75, 3.05) is 13.1 Å². The molecule has 1 aliphatic rings. The number of hydrogen-bond acceptors (Lipinski definition) is 3. The number of aromatic carboxylic acids is 1. The molecule has 0 saturated carbocycles. The van der Waals surface area contributed by atoms with Gasteiger partial charge in [-0.3, -0.25) is 0 Å². The van der Waals surface area contributed by atoms with E-state index in [1.807, 2.05) is 6.92 Å². The summed E-state index contributed by atoms with van der Waals surface area (Å²) in [5, 5.41) is 8.95.